The van der Waals surface area contributed by atoms with Gasteiger partial charge in [0, 0.05) is 57.9 Å². The number of anilines is 1. The Morgan fingerprint density at radius 1 is 1.00 bits per heavy atom. The summed E-state index contributed by atoms with van der Waals surface area (Å²) in [5, 5.41) is 11.2. The van der Waals surface area contributed by atoms with Gasteiger partial charge in [0.25, 0.3) is 5.91 Å². The van der Waals surface area contributed by atoms with E-state index < -0.39 is 0 Å². The third-order valence-electron chi connectivity index (χ3n) is 9.28. The second kappa shape index (κ2) is 12.7. The number of carbonyl (C=O) groups is 1. The molecule has 1 aromatic carbocycles. The molecule has 2 saturated heterocycles. The van der Waals surface area contributed by atoms with Gasteiger partial charge in [-0.25, -0.2) is 4.98 Å². The number of hydrazine groups is 1. The Morgan fingerprint density at radius 3 is 2.40 bits per heavy atom. The fourth-order valence-corrected chi connectivity index (χ4v) is 6.69. The quantitative estimate of drug-likeness (QED) is 0.409. The summed E-state index contributed by atoms with van der Waals surface area (Å²) in [6.45, 7) is 8.43. The van der Waals surface area contributed by atoms with Crippen LogP contribution >= 0.6 is 0 Å². The van der Waals surface area contributed by atoms with E-state index in [-0.39, 0.29) is 11.7 Å². The first kappa shape index (κ1) is 28.5. The number of aromatic nitrogens is 4. The van der Waals surface area contributed by atoms with Crippen LogP contribution in [0.25, 0.3) is 11.2 Å². The number of rotatable bonds is 8. The van der Waals surface area contributed by atoms with E-state index in [0.29, 0.717) is 41.0 Å². The van der Waals surface area contributed by atoms with Crippen molar-refractivity contribution in [2.45, 2.75) is 51.1 Å². The molecule has 0 atom stereocenters. The summed E-state index contributed by atoms with van der Waals surface area (Å²) < 4.78 is 1.75. The molecule has 0 radical (unpaired) electrons. The molecule has 0 bridgehead atoms. The Hall–Kier alpha value is -3.59. The minimum atomic E-state index is -0.109. The second-order valence-corrected chi connectivity index (χ2v) is 12.3. The molecule has 1 saturated carbocycles. The number of fused-ring (bicyclic) bond motifs is 1. The van der Waals surface area contributed by atoms with Gasteiger partial charge in [-0.3, -0.25) is 25.0 Å². The highest BCUT2D eigenvalue weighted by atomic mass is 16.2. The molecule has 1 N–H and O–H groups in total. The van der Waals surface area contributed by atoms with Crippen molar-refractivity contribution in [3.63, 3.8) is 0 Å². The van der Waals surface area contributed by atoms with Gasteiger partial charge in [0.15, 0.2) is 17.0 Å². The van der Waals surface area contributed by atoms with Crippen LogP contribution in [0.15, 0.2) is 30.6 Å². The highest BCUT2D eigenvalue weighted by Gasteiger charge is 2.28. The van der Waals surface area contributed by atoms with E-state index in [9.17, 15) is 10.1 Å². The number of likely N-dealkylation sites (N-methyl/N-ethyl adjacent to an activating group) is 1. The van der Waals surface area contributed by atoms with Crippen molar-refractivity contribution in [2.24, 2.45) is 13.0 Å². The summed E-state index contributed by atoms with van der Waals surface area (Å²) in [5.41, 5.74) is 6.18. The fraction of sp³-hybridized carbons (Fsp3) is 0.581. The van der Waals surface area contributed by atoms with Crippen molar-refractivity contribution in [3.05, 3.63) is 47.5 Å². The summed E-state index contributed by atoms with van der Waals surface area (Å²) in [4.78, 5) is 34.6. The zero-order chi connectivity index (χ0) is 29.1. The average molecular weight is 571 g/mol. The molecule has 11 nitrogen and oxygen atoms in total. The Kier molecular flexibility index (Phi) is 8.65. The lowest BCUT2D eigenvalue weighted by atomic mass is 10.0. The molecule has 0 spiro atoms. The lowest BCUT2D eigenvalue weighted by Gasteiger charge is -2.42. The lowest BCUT2D eigenvalue weighted by molar-refractivity contribution is 0.0657. The van der Waals surface area contributed by atoms with Crippen LogP contribution in [-0.2, 0) is 13.6 Å². The second-order valence-electron chi connectivity index (χ2n) is 12.3. The first-order valence-electron chi connectivity index (χ1n) is 15.4. The first-order valence-corrected chi connectivity index (χ1v) is 15.4. The number of piperidine rings is 1. The van der Waals surface area contributed by atoms with Gasteiger partial charge < -0.3 is 9.47 Å². The molecule has 11 heteroatoms. The Balaban J connectivity index is 1.12. The Morgan fingerprint density at radius 2 is 1.71 bits per heavy atom. The minimum absolute atomic E-state index is 0.0405. The summed E-state index contributed by atoms with van der Waals surface area (Å²) in [6.07, 6.45) is 8.66. The van der Waals surface area contributed by atoms with Gasteiger partial charge in [-0.2, -0.15) is 15.2 Å². The van der Waals surface area contributed by atoms with Gasteiger partial charge in [0.2, 0.25) is 5.82 Å². The number of nitrogens with one attached hydrogen (secondary N) is 1. The molecule has 222 valence electrons. The number of imidazole rings is 1. The number of nitrogens with zero attached hydrogens (tertiary/aromatic N) is 9. The SMILES string of the molecule is CN1CCN(C2CCN(Cc3ccc(C(=O)N(CC4CCCC4)Nc4nc(C#N)nc5c4ncn5C)cc3)CC2)CC1. The van der Waals surface area contributed by atoms with Crippen LogP contribution in [0.3, 0.4) is 0 Å². The van der Waals surface area contributed by atoms with Crippen molar-refractivity contribution in [3.8, 4) is 6.07 Å². The number of carbonyl (C=O) groups excluding carboxylic acids is 1. The third kappa shape index (κ3) is 6.41. The summed E-state index contributed by atoms with van der Waals surface area (Å²) in [5.74, 6) is 0.729. The number of nitriles is 1. The number of likely N-dealkylation sites (tertiary alicyclic amines) is 1. The van der Waals surface area contributed by atoms with Gasteiger partial charge in [-0.15, -0.1) is 0 Å². The molecular formula is C31H42N10O. The lowest BCUT2D eigenvalue weighted by Crippen LogP contribution is -2.52. The van der Waals surface area contributed by atoms with E-state index in [2.05, 4.69) is 54.3 Å². The number of benzene rings is 1. The van der Waals surface area contributed by atoms with E-state index in [0.717, 1.165) is 32.5 Å². The molecule has 2 aromatic heterocycles. The van der Waals surface area contributed by atoms with Crippen molar-refractivity contribution >= 4 is 22.9 Å². The zero-order valence-corrected chi connectivity index (χ0v) is 24.9. The highest BCUT2D eigenvalue weighted by molar-refractivity contribution is 5.95. The van der Waals surface area contributed by atoms with E-state index in [1.165, 1.54) is 57.4 Å². The van der Waals surface area contributed by atoms with Gasteiger partial charge in [0.1, 0.15) is 6.07 Å². The van der Waals surface area contributed by atoms with Crippen LogP contribution < -0.4 is 5.43 Å². The summed E-state index contributed by atoms with van der Waals surface area (Å²) >= 11 is 0. The predicted octanol–water partition coefficient (Wildman–Crippen LogP) is 3.11. The molecule has 4 heterocycles. The van der Waals surface area contributed by atoms with Crippen LogP contribution in [0.5, 0.6) is 0 Å². The largest absolute Gasteiger partial charge is 0.318 e. The smallest absolute Gasteiger partial charge is 0.272 e. The normalized spacial score (nSPS) is 19.7. The van der Waals surface area contributed by atoms with E-state index in [1.807, 2.05) is 25.2 Å². The van der Waals surface area contributed by atoms with E-state index >= 15 is 0 Å². The molecule has 6 rings (SSSR count). The molecule has 3 aromatic rings. The molecule has 3 aliphatic rings. The Labute approximate surface area is 248 Å². The van der Waals surface area contributed by atoms with E-state index in [1.54, 1.807) is 15.9 Å². The molecule has 2 aliphatic heterocycles. The fourth-order valence-electron chi connectivity index (χ4n) is 6.69. The molecule has 0 unspecified atom stereocenters. The van der Waals surface area contributed by atoms with Crippen LogP contribution in [-0.4, -0.2) is 104 Å². The number of amides is 1. The van der Waals surface area contributed by atoms with Crippen molar-refractivity contribution < 1.29 is 4.79 Å². The topological polar surface area (TPSA) is 109 Å². The molecule has 1 aliphatic carbocycles. The van der Waals surface area contributed by atoms with E-state index in [4.69, 9.17) is 0 Å². The predicted molar refractivity (Wildman–Crippen MR) is 161 cm³/mol. The van der Waals surface area contributed by atoms with Crippen molar-refractivity contribution in [1.29, 1.82) is 5.26 Å². The molecular weight excluding hydrogens is 528 g/mol. The highest BCUT2D eigenvalue weighted by Crippen LogP contribution is 2.27. The van der Waals surface area contributed by atoms with Crippen LogP contribution in [0, 0.1) is 17.2 Å². The van der Waals surface area contributed by atoms with Gasteiger partial charge >= 0.3 is 0 Å². The summed E-state index contributed by atoms with van der Waals surface area (Å²) in [7, 11) is 4.04. The summed E-state index contributed by atoms with van der Waals surface area (Å²) in [6, 6.07) is 10.8. The number of hydrogen-bond donors (Lipinski definition) is 1. The van der Waals surface area contributed by atoms with Crippen LogP contribution in [0.2, 0.25) is 0 Å². The van der Waals surface area contributed by atoms with Crippen molar-refractivity contribution in [1.82, 2.24) is 39.2 Å². The number of aryl methyl sites for hydroxylation is 1. The van der Waals surface area contributed by atoms with Crippen LogP contribution in [0.4, 0.5) is 5.82 Å². The Bertz CT molecular complexity index is 1410. The maximum Gasteiger partial charge on any atom is 0.272 e. The third-order valence-corrected chi connectivity index (χ3v) is 9.28. The van der Waals surface area contributed by atoms with Gasteiger partial charge in [-0.1, -0.05) is 25.0 Å². The zero-order valence-electron chi connectivity index (χ0n) is 24.9. The molecule has 1 amide bonds. The standard InChI is InChI=1S/C31H42N10O/c1-37-15-17-40(18-16-37)26-11-13-39(14-12-26)20-24-7-9-25(10-8-24)31(42)41(21-23-5-3-4-6-23)36-29-28-30(38(2)22-33-28)35-27(19-32)34-29/h7-10,22-23,26H,3-6,11-18,20-21H2,1-2H3,(H,34,35,36). The van der Waals surface area contributed by atoms with Gasteiger partial charge in [-0.05, 0) is 69.4 Å². The van der Waals surface area contributed by atoms with Crippen molar-refractivity contribution in [2.75, 3.05) is 58.3 Å². The monoisotopic (exact) mass is 570 g/mol. The number of piperazine rings is 1. The first-order chi connectivity index (χ1) is 20.5. The van der Waals surface area contributed by atoms with Crippen LogP contribution in [0.1, 0.15) is 60.3 Å². The minimum Gasteiger partial charge on any atom is -0.318 e. The molecule has 3 fully saturated rings. The van der Waals surface area contributed by atoms with Gasteiger partial charge in [0.05, 0.1) is 6.33 Å². The maximum absolute atomic E-state index is 13.9. The number of hydrogen-bond acceptors (Lipinski definition) is 9. The maximum atomic E-state index is 13.9. The molecule has 42 heavy (non-hydrogen) atoms. The average Bonchev–Trinajstić information content (AvgIpc) is 3.67.